The first-order chi connectivity index (χ1) is 14.7. The van der Waals surface area contributed by atoms with Gasteiger partial charge < -0.3 is 10.3 Å². The third-order valence-electron chi connectivity index (χ3n) is 6.41. The molecule has 4 heteroatoms. The zero-order chi connectivity index (χ0) is 20.5. The minimum Gasteiger partial charge on any atom is -0.353 e. The van der Waals surface area contributed by atoms with Crippen LogP contribution >= 0.6 is 0 Å². The van der Waals surface area contributed by atoms with Crippen LogP contribution in [-0.4, -0.2) is 21.9 Å². The summed E-state index contributed by atoms with van der Waals surface area (Å²) < 4.78 is 0. The van der Waals surface area contributed by atoms with Crippen LogP contribution in [0.15, 0.2) is 60.7 Å². The molecule has 1 aliphatic rings. The highest BCUT2D eigenvalue weighted by atomic mass is 16.1. The average Bonchev–Trinajstić information content (AvgIpc) is 3.18. The number of para-hydroxylation sites is 1. The molecule has 1 unspecified atom stereocenters. The Kier molecular flexibility index (Phi) is 4.99. The number of rotatable bonds is 4. The molecular weight excluding hydrogens is 370 g/mol. The third kappa shape index (κ3) is 3.47. The Hall–Kier alpha value is -3.14. The molecule has 4 aromatic rings. The maximum absolute atomic E-state index is 13.1. The Morgan fingerprint density at radius 1 is 1.00 bits per heavy atom. The summed E-state index contributed by atoms with van der Waals surface area (Å²) in [5.74, 6) is 0.0137. The molecule has 30 heavy (non-hydrogen) atoms. The molecule has 1 saturated carbocycles. The Labute approximate surface area is 176 Å². The lowest BCUT2D eigenvalue weighted by molar-refractivity contribution is 0.0922. The first-order valence-electron chi connectivity index (χ1n) is 11.0. The van der Waals surface area contributed by atoms with Crippen LogP contribution in [0.25, 0.3) is 21.8 Å². The minimum absolute atomic E-state index is 0.0596. The predicted octanol–water partition coefficient (Wildman–Crippen LogP) is 5.93. The molecule has 2 aromatic carbocycles. The molecular formula is C26H27N3O. The van der Waals surface area contributed by atoms with E-state index in [2.05, 4.69) is 41.5 Å². The highest BCUT2D eigenvalue weighted by molar-refractivity contribution is 6.10. The molecule has 1 atom stereocenters. The Morgan fingerprint density at radius 3 is 2.53 bits per heavy atom. The first kappa shape index (κ1) is 18.9. The number of fused-ring (bicyclic) bond motifs is 3. The molecule has 2 aromatic heterocycles. The molecule has 0 saturated heterocycles. The molecule has 1 aliphatic carbocycles. The van der Waals surface area contributed by atoms with Gasteiger partial charge in [0.2, 0.25) is 0 Å². The fraction of sp³-hybridized carbons (Fsp3) is 0.308. The lowest BCUT2D eigenvalue weighted by atomic mass is 9.94. The van der Waals surface area contributed by atoms with Crippen LogP contribution in [0.3, 0.4) is 0 Å². The van der Waals surface area contributed by atoms with E-state index in [4.69, 9.17) is 4.98 Å². The number of aromatic nitrogens is 2. The van der Waals surface area contributed by atoms with Gasteiger partial charge in [0.25, 0.3) is 5.91 Å². The number of hydrogen-bond donors (Lipinski definition) is 2. The van der Waals surface area contributed by atoms with Gasteiger partial charge in [-0.3, -0.25) is 4.79 Å². The third-order valence-corrected chi connectivity index (χ3v) is 6.41. The van der Waals surface area contributed by atoms with Crippen molar-refractivity contribution in [1.82, 2.24) is 15.3 Å². The van der Waals surface area contributed by atoms with E-state index in [0.717, 1.165) is 40.3 Å². The summed E-state index contributed by atoms with van der Waals surface area (Å²) in [6, 6.07) is 20.8. The van der Waals surface area contributed by atoms with Crippen molar-refractivity contribution >= 4 is 27.7 Å². The van der Waals surface area contributed by atoms with Crippen LogP contribution in [0.1, 0.15) is 66.7 Å². The predicted molar refractivity (Wildman–Crippen MR) is 122 cm³/mol. The van der Waals surface area contributed by atoms with Gasteiger partial charge in [-0.2, -0.15) is 0 Å². The molecule has 5 rings (SSSR count). The van der Waals surface area contributed by atoms with E-state index in [1.54, 1.807) is 0 Å². The quantitative estimate of drug-likeness (QED) is 0.448. The summed E-state index contributed by atoms with van der Waals surface area (Å²) in [6.07, 6.45) is 5.78. The number of carbonyl (C=O) groups excluding carboxylic acids is 1. The SMILES string of the molecule is CC(c1ccccc1)c1nc(C(=O)NC2CCCCC2)cc2c1[nH]c1ccccc12. The second-order valence-electron chi connectivity index (χ2n) is 8.43. The van der Waals surface area contributed by atoms with Crippen LogP contribution < -0.4 is 5.32 Å². The zero-order valence-electron chi connectivity index (χ0n) is 17.3. The van der Waals surface area contributed by atoms with Gasteiger partial charge >= 0.3 is 0 Å². The monoisotopic (exact) mass is 397 g/mol. The maximum Gasteiger partial charge on any atom is 0.270 e. The highest BCUT2D eigenvalue weighted by Crippen LogP contribution is 2.33. The van der Waals surface area contributed by atoms with Crippen LogP contribution in [0, 0.1) is 0 Å². The number of aromatic amines is 1. The van der Waals surface area contributed by atoms with Crippen LogP contribution in [0.2, 0.25) is 0 Å². The largest absolute Gasteiger partial charge is 0.353 e. The van der Waals surface area contributed by atoms with E-state index < -0.39 is 0 Å². The van der Waals surface area contributed by atoms with Gasteiger partial charge in [0.1, 0.15) is 5.69 Å². The van der Waals surface area contributed by atoms with E-state index in [1.807, 2.05) is 36.4 Å². The number of nitrogens with zero attached hydrogens (tertiary/aromatic N) is 1. The van der Waals surface area contributed by atoms with Crippen LogP contribution in [0.5, 0.6) is 0 Å². The summed E-state index contributed by atoms with van der Waals surface area (Å²) in [7, 11) is 0. The Balaban J connectivity index is 1.62. The van der Waals surface area contributed by atoms with Crippen molar-refractivity contribution in [3.05, 3.63) is 77.6 Å². The molecule has 0 radical (unpaired) electrons. The fourth-order valence-corrected chi connectivity index (χ4v) is 4.71. The van der Waals surface area contributed by atoms with Crippen molar-refractivity contribution < 1.29 is 4.79 Å². The number of amides is 1. The molecule has 4 nitrogen and oxygen atoms in total. The smallest absolute Gasteiger partial charge is 0.270 e. The van der Waals surface area contributed by atoms with Gasteiger partial charge in [-0.05, 0) is 30.5 Å². The number of pyridine rings is 1. The number of H-pyrrole nitrogens is 1. The molecule has 0 bridgehead atoms. The van der Waals surface area contributed by atoms with E-state index >= 15 is 0 Å². The van der Waals surface area contributed by atoms with Gasteiger partial charge in [0.05, 0.1) is 11.2 Å². The van der Waals surface area contributed by atoms with Gasteiger partial charge in [-0.25, -0.2) is 4.98 Å². The molecule has 2 N–H and O–H groups in total. The van der Waals surface area contributed by atoms with Crippen molar-refractivity contribution in [1.29, 1.82) is 0 Å². The Morgan fingerprint density at radius 2 is 1.73 bits per heavy atom. The van der Waals surface area contributed by atoms with Crippen molar-refractivity contribution in [3.63, 3.8) is 0 Å². The van der Waals surface area contributed by atoms with E-state index in [1.165, 1.54) is 24.8 Å². The zero-order valence-corrected chi connectivity index (χ0v) is 17.3. The minimum atomic E-state index is -0.0596. The Bertz CT molecular complexity index is 1190. The number of benzene rings is 2. The first-order valence-corrected chi connectivity index (χ1v) is 11.0. The van der Waals surface area contributed by atoms with E-state index in [0.29, 0.717) is 5.69 Å². The molecule has 1 fully saturated rings. The average molecular weight is 398 g/mol. The second-order valence-corrected chi connectivity index (χ2v) is 8.43. The van der Waals surface area contributed by atoms with Crippen molar-refractivity contribution in [2.75, 3.05) is 0 Å². The standard InChI is InChI=1S/C26H27N3O/c1-17(18-10-4-2-5-11-18)24-25-21(20-14-8-9-15-22(20)28-25)16-23(29-24)26(30)27-19-12-6-3-7-13-19/h2,4-5,8-11,14-17,19,28H,3,6-7,12-13H2,1H3,(H,27,30). The van der Waals surface area contributed by atoms with Gasteiger partial charge in [-0.15, -0.1) is 0 Å². The summed E-state index contributed by atoms with van der Waals surface area (Å²) in [4.78, 5) is 21.6. The van der Waals surface area contributed by atoms with Crippen LogP contribution in [0.4, 0.5) is 0 Å². The van der Waals surface area contributed by atoms with E-state index in [9.17, 15) is 4.79 Å². The molecule has 1 amide bonds. The number of hydrogen-bond acceptors (Lipinski definition) is 2. The lowest BCUT2D eigenvalue weighted by Crippen LogP contribution is -2.36. The van der Waals surface area contributed by atoms with Gasteiger partial charge in [0, 0.05) is 28.2 Å². The molecule has 152 valence electrons. The fourth-order valence-electron chi connectivity index (χ4n) is 4.71. The van der Waals surface area contributed by atoms with E-state index in [-0.39, 0.29) is 17.9 Å². The number of nitrogens with one attached hydrogen (secondary N) is 2. The summed E-state index contributed by atoms with van der Waals surface area (Å²) >= 11 is 0. The van der Waals surface area contributed by atoms with Crippen LogP contribution in [-0.2, 0) is 0 Å². The van der Waals surface area contributed by atoms with Crippen molar-refractivity contribution in [3.8, 4) is 0 Å². The summed E-state index contributed by atoms with van der Waals surface area (Å²) in [5.41, 5.74) is 4.71. The maximum atomic E-state index is 13.1. The summed E-state index contributed by atoms with van der Waals surface area (Å²) in [6.45, 7) is 2.16. The van der Waals surface area contributed by atoms with Gasteiger partial charge in [0.15, 0.2) is 0 Å². The van der Waals surface area contributed by atoms with Crippen molar-refractivity contribution in [2.24, 2.45) is 0 Å². The van der Waals surface area contributed by atoms with Crippen molar-refractivity contribution in [2.45, 2.75) is 51.0 Å². The molecule has 0 aliphatic heterocycles. The van der Waals surface area contributed by atoms with Gasteiger partial charge in [-0.1, -0.05) is 74.7 Å². The topological polar surface area (TPSA) is 57.8 Å². The highest BCUT2D eigenvalue weighted by Gasteiger charge is 2.22. The second kappa shape index (κ2) is 7.94. The normalized spacial score (nSPS) is 16.0. The molecule has 0 spiro atoms. The lowest BCUT2D eigenvalue weighted by Gasteiger charge is -2.23. The summed E-state index contributed by atoms with van der Waals surface area (Å²) in [5, 5.41) is 5.42. The molecule has 2 heterocycles. The number of carbonyl (C=O) groups is 1.